The van der Waals surface area contributed by atoms with E-state index in [2.05, 4.69) is 0 Å². The lowest BCUT2D eigenvalue weighted by molar-refractivity contribution is 0.580. The van der Waals surface area contributed by atoms with Gasteiger partial charge < -0.3 is 0 Å². The average molecular weight is 229 g/mol. The van der Waals surface area contributed by atoms with Crippen molar-refractivity contribution in [2.24, 2.45) is 0 Å². The molecule has 0 atom stereocenters. The van der Waals surface area contributed by atoms with Crippen LogP contribution in [0.5, 0.6) is 0 Å². The van der Waals surface area contributed by atoms with E-state index in [1.54, 1.807) is 4.13 Å². The lowest BCUT2D eigenvalue weighted by Gasteiger charge is -1.99. The summed E-state index contributed by atoms with van der Waals surface area (Å²) in [6, 6.07) is 0. The molecular formula is C6H15NO4S2. The monoisotopic (exact) mass is 229 g/mol. The first-order valence-corrected chi connectivity index (χ1v) is 7.46. The molecule has 1 heterocycles. The van der Waals surface area contributed by atoms with Crippen LogP contribution in [-0.2, 0) is 20.0 Å². The summed E-state index contributed by atoms with van der Waals surface area (Å²) in [4.78, 5) is 0. The Labute approximate surface area is 79.6 Å². The van der Waals surface area contributed by atoms with Crippen molar-refractivity contribution < 1.29 is 16.8 Å². The molecule has 80 valence electrons. The van der Waals surface area contributed by atoms with Crippen molar-refractivity contribution in [1.29, 1.82) is 0 Å². The molecule has 0 bridgehead atoms. The van der Waals surface area contributed by atoms with Crippen molar-refractivity contribution in [3.63, 3.8) is 0 Å². The van der Waals surface area contributed by atoms with Gasteiger partial charge in [0.15, 0.2) is 0 Å². The molecule has 0 radical (unpaired) electrons. The van der Waals surface area contributed by atoms with Crippen molar-refractivity contribution in [3.05, 3.63) is 0 Å². The van der Waals surface area contributed by atoms with E-state index in [9.17, 15) is 16.8 Å². The van der Waals surface area contributed by atoms with Crippen LogP contribution in [0.3, 0.4) is 0 Å². The van der Waals surface area contributed by atoms with Gasteiger partial charge in [0.25, 0.3) is 0 Å². The molecule has 1 N–H and O–H groups in total. The Hall–Kier alpha value is -0.140. The zero-order chi connectivity index (χ0) is 10.5. The predicted molar refractivity (Wildman–Crippen MR) is 51.3 cm³/mol. The van der Waals surface area contributed by atoms with E-state index in [0.717, 1.165) is 0 Å². The van der Waals surface area contributed by atoms with Gasteiger partial charge in [-0.2, -0.15) is 0 Å². The molecule has 0 aliphatic carbocycles. The van der Waals surface area contributed by atoms with E-state index < -0.39 is 20.0 Å². The standard InChI is InChI=1S/C4H9NO4S2.C2H6/c6-10(7)3-1-2-4-11(8,9)5-10;1-2/h5H,1-4H2;1-2H3. The third-order valence-corrected chi connectivity index (χ3v) is 5.01. The van der Waals surface area contributed by atoms with E-state index in [4.69, 9.17) is 0 Å². The minimum absolute atomic E-state index is 0.0910. The van der Waals surface area contributed by atoms with Gasteiger partial charge in [0.05, 0.1) is 11.5 Å². The molecule has 1 aliphatic rings. The lowest BCUT2D eigenvalue weighted by atomic mass is 10.4. The molecule has 13 heavy (non-hydrogen) atoms. The van der Waals surface area contributed by atoms with Crippen LogP contribution in [0.2, 0.25) is 0 Å². The summed E-state index contributed by atoms with van der Waals surface area (Å²) in [6.45, 7) is 4.00. The normalized spacial score (nSPS) is 25.1. The molecular weight excluding hydrogens is 214 g/mol. The minimum Gasteiger partial charge on any atom is -0.211 e. The van der Waals surface area contributed by atoms with Gasteiger partial charge in [-0.15, -0.1) is 4.13 Å². The van der Waals surface area contributed by atoms with Crippen LogP contribution in [0.4, 0.5) is 0 Å². The first kappa shape index (κ1) is 12.9. The van der Waals surface area contributed by atoms with E-state index in [1.165, 1.54) is 0 Å². The second-order valence-corrected chi connectivity index (χ2v) is 6.37. The number of sulfonamides is 2. The smallest absolute Gasteiger partial charge is 0.211 e. The Kier molecular flexibility index (Phi) is 4.87. The van der Waals surface area contributed by atoms with Crippen molar-refractivity contribution in [2.45, 2.75) is 26.7 Å². The summed E-state index contributed by atoms with van der Waals surface area (Å²) < 4.78 is 44.8. The fraction of sp³-hybridized carbons (Fsp3) is 1.00. The van der Waals surface area contributed by atoms with Crippen LogP contribution < -0.4 is 4.13 Å². The van der Waals surface area contributed by atoms with Crippen molar-refractivity contribution in [2.75, 3.05) is 11.5 Å². The van der Waals surface area contributed by atoms with Crippen LogP contribution in [0, 0.1) is 0 Å². The highest BCUT2D eigenvalue weighted by atomic mass is 32.3. The summed E-state index contributed by atoms with van der Waals surface area (Å²) in [7, 11) is -7.13. The third kappa shape index (κ3) is 5.22. The van der Waals surface area contributed by atoms with E-state index in [1.807, 2.05) is 13.8 Å². The van der Waals surface area contributed by atoms with Gasteiger partial charge in [-0.3, -0.25) is 0 Å². The highest BCUT2D eigenvalue weighted by molar-refractivity contribution is 8.04. The molecule has 5 nitrogen and oxygen atoms in total. The second kappa shape index (κ2) is 4.92. The third-order valence-electron chi connectivity index (χ3n) is 1.33. The second-order valence-electron chi connectivity index (χ2n) is 2.43. The summed E-state index contributed by atoms with van der Waals surface area (Å²) >= 11 is 0. The molecule has 0 aromatic heterocycles. The zero-order valence-corrected chi connectivity index (χ0v) is 9.41. The van der Waals surface area contributed by atoms with Gasteiger partial charge in [-0.1, -0.05) is 13.8 Å². The fourth-order valence-electron chi connectivity index (χ4n) is 0.861. The maximum Gasteiger partial charge on any atom is 0.224 e. The first-order valence-electron chi connectivity index (χ1n) is 4.15. The van der Waals surface area contributed by atoms with Gasteiger partial charge in [0, 0.05) is 0 Å². The number of hydrogen-bond acceptors (Lipinski definition) is 4. The Morgan fingerprint density at radius 2 is 1.15 bits per heavy atom. The molecule has 1 fully saturated rings. The molecule has 0 unspecified atom stereocenters. The van der Waals surface area contributed by atoms with E-state index in [0.29, 0.717) is 12.8 Å². The quantitative estimate of drug-likeness (QED) is 0.636. The van der Waals surface area contributed by atoms with Crippen molar-refractivity contribution in [3.8, 4) is 0 Å². The Bertz CT molecular complexity index is 296. The first-order chi connectivity index (χ1) is 5.91. The molecule has 7 heteroatoms. The molecule has 1 rings (SSSR count). The van der Waals surface area contributed by atoms with Gasteiger partial charge in [-0.05, 0) is 12.8 Å². The molecule has 0 spiro atoms. The van der Waals surface area contributed by atoms with E-state index in [-0.39, 0.29) is 11.5 Å². The Morgan fingerprint density at radius 3 is 1.46 bits per heavy atom. The fourth-order valence-corrected chi connectivity index (χ4v) is 4.24. The number of hydrogen-bond donors (Lipinski definition) is 1. The average Bonchev–Trinajstić information content (AvgIpc) is 2.11. The molecule has 0 aromatic carbocycles. The minimum atomic E-state index is -3.56. The highest BCUT2D eigenvalue weighted by Crippen LogP contribution is 2.04. The van der Waals surface area contributed by atoms with Crippen LogP contribution in [0.1, 0.15) is 26.7 Å². The summed E-state index contributed by atoms with van der Waals surface area (Å²) in [6.07, 6.45) is 0.823. The van der Waals surface area contributed by atoms with Crippen LogP contribution >= 0.6 is 0 Å². The molecule has 0 saturated carbocycles. The van der Waals surface area contributed by atoms with E-state index >= 15 is 0 Å². The van der Waals surface area contributed by atoms with Crippen LogP contribution in [0.15, 0.2) is 0 Å². The maximum absolute atomic E-state index is 10.8. The summed E-state index contributed by atoms with van der Waals surface area (Å²) in [5.74, 6) is -0.182. The lowest BCUT2D eigenvalue weighted by Crippen LogP contribution is -2.31. The zero-order valence-electron chi connectivity index (χ0n) is 7.78. The molecule has 0 aromatic rings. The van der Waals surface area contributed by atoms with Gasteiger partial charge in [0.1, 0.15) is 0 Å². The highest BCUT2D eigenvalue weighted by Gasteiger charge is 2.23. The van der Waals surface area contributed by atoms with Crippen LogP contribution in [0.25, 0.3) is 0 Å². The molecule has 1 aliphatic heterocycles. The largest absolute Gasteiger partial charge is 0.224 e. The Balaban J connectivity index is 0.000000671. The van der Waals surface area contributed by atoms with Crippen molar-refractivity contribution in [1.82, 2.24) is 4.13 Å². The molecule has 0 amide bonds. The van der Waals surface area contributed by atoms with Gasteiger partial charge in [0.2, 0.25) is 20.0 Å². The van der Waals surface area contributed by atoms with Gasteiger partial charge in [-0.25, -0.2) is 16.8 Å². The van der Waals surface area contributed by atoms with Crippen LogP contribution in [-0.4, -0.2) is 28.3 Å². The maximum atomic E-state index is 10.8. The number of nitrogens with one attached hydrogen (secondary N) is 1. The van der Waals surface area contributed by atoms with Crippen molar-refractivity contribution >= 4 is 20.0 Å². The topological polar surface area (TPSA) is 80.3 Å². The summed E-state index contributed by atoms with van der Waals surface area (Å²) in [5, 5.41) is 0. The molecule has 1 saturated heterocycles. The Morgan fingerprint density at radius 1 is 0.846 bits per heavy atom. The summed E-state index contributed by atoms with van der Waals surface area (Å²) in [5.41, 5.74) is 0. The number of rotatable bonds is 0. The van der Waals surface area contributed by atoms with Gasteiger partial charge >= 0.3 is 0 Å². The predicted octanol–water partition coefficient (Wildman–Crippen LogP) is 0.0556. The SMILES string of the molecule is CC.O=S1(=O)CCCCS(=O)(=O)N1.